The molecule has 0 bridgehead atoms. The van der Waals surface area contributed by atoms with Gasteiger partial charge in [0.2, 0.25) is 0 Å². The van der Waals surface area contributed by atoms with E-state index >= 15 is 0 Å². The van der Waals surface area contributed by atoms with Gasteiger partial charge in [0.05, 0.1) is 5.69 Å². The van der Waals surface area contributed by atoms with Gasteiger partial charge in [-0.15, -0.1) is 0 Å². The molecule has 2 aromatic rings. The van der Waals surface area contributed by atoms with E-state index in [0.29, 0.717) is 0 Å². The summed E-state index contributed by atoms with van der Waals surface area (Å²) in [6.45, 7) is 0. The first-order valence-corrected chi connectivity index (χ1v) is 9.71. The molecule has 4 nitrogen and oxygen atoms in total. The van der Waals surface area contributed by atoms with Crippen LogP contribution in [0.2, 0.25) is 0 Å². The maximum atomic E-state index is 4.77. The third-order valence-corrected chi connectivity index (χ3v) is 4.98. The van der Waals surface area contributed by atoms with Crippen LogP contribution in [-0.4, -0.2) is 9.97 Å². The van der Waals surface area contributed by atoms with Gasteiger partial charge in [0.1, 0.15) is 5.82 Å². The largest absolute Gasteiger partial charge is 0.340 e. The zero-order valence-corrected chi connectivity index (χ0v) is 14.6. The quantitative estimate of drug-likeness (QED) is 0.703. The highest BCUT2D eigenvalue weighted by Crippen LogP contribution is 2.29. The number of para-hydroxylation sites is 1. The maximum Gasteiger partial charge on any atom is 0.163 e. The number of allylic oxidation sites excluding steroid dienone is 3. The number of aryl methyl sites for hydroxylation is 1. The SMILES string of the molecule is C1=Cc2c(nc(C3=CN=IC=C3)nc2Nc2ccccc2)CC1. The summed E-state index contributed by atoms with van der Waals surface area (Å²) in [6.07, 6.45) is 10.3. The van der Waals surface area contributed by atoms with Crippen molar-refractivity contribution in [1.29, 1.82) is 0 Å². The molecule has 114 valence electrons. The lowest BCUT2D eigenvalue weighted by molar-refractivity contribution is 0.902. The fourth-order valence-corrected chi connectivity index (χ4v) is 3.76. The standard InChI is InChI=1S/C18H15IN4/c1-2-6-14(7-3-1)21-18-15-8-4-5-9-16(15)22-17(23-18)13-10-11-19-20-12-13/h1-4,6-8,10-12H,5,9H2,(H,21,22,23). The van der Waals surface area contributed by atoms with E-state index in [1.165, 1.54) is 0 Å². The Hall–Kier alpha value is -2.15. The average Bonchev–Trinajstić information content (AvgIpc) is 2.63. The minimum absolute atomic E-state index is 0.177. The molecule has 1 aromatic heterocycles. The number of benzene rings is 1. The number of anilines is 2. The molecule has 1 aliphatic heterocycles. The van der Waals surface area contributed by atoms with Crippen LogP contribution >= 0.6 is 21.0 Å². The summed E-state index contributed by atoms with van der Waals surface area (Å²) in [4.78, 5) is 9.53. The summed E-state index contributed by atoms with van der Waals surface area (Å²) in [5, 5.41) is 3.43. The van der Waals surface area contributed by atoms with Crippen LogP contribution in [-0.2, 0) is 6.42 Å². The van der Waals surface area contributed by atoms with Crippen LogP contribution in [0.25, 0.3) is 11.6 Å². The predicted molar refractivity (Wildman–Crippen MR) is 103 cm³/mol. The fraction of sp³-hybridized carbons (Fsp3) is 0.111. The topological polar surface area (TPSA) is 50.2 Å². The van der Waals surface area contributed by atoms with Crippen molar-refractivity contribution in [3.05, 3.63) is 69.8 Å². The Balaban J connectivity index is 1.80. The molecular formula is C18H15IN4. The van der Waals surface area contributed by atoms with Gasteiger partial charge >= 0.3 is 0 Å². The van der Waals surface area contributed by atoms with E-state index < -0.39 is 0 Å². The minimum Gasteiger partial charge on any atom is -0.340 e. The van der Waals surface area contributed by atoms with Gasteiger partial charge in [0.25, 0.3) is 0 Å². The smallest absolute Gasteiger partial charge is 0.163 e. The van der Waals surface area contributed by atoms with E-state index in [-0.39, 0.29) is 21.0 Å². The molecular weight excluding hydrogens is 399 g/mol. The summed E-state index contributed by atoms with van der Waals surface area (Å²) in [7, 11) is 0. The van der Waals surface area contributed by atoms with Crippen molar-refractivity contribution >= 4 is 44.2 Å². The molecule has 1 N–H and O–H groups in total. The Morgan fingerprint density at radius 2 is 1.96 bits per heavy atom. The Labute approximate surface area is 145 Å². The summed E-state index contributed by atoms with van der Waals surface area (Å²) in [5.74, 6) is 1.61. The number of aromatic nitrogens is 2. The normalized spacial score (nSPS) is 15.6. The Morgan fingerprint density at radius 1 is 1.04 bits per heavy atom. The highest BCUT2D eigenvalue weighted by Gasteiger charge is 2.16. The summed E-state index contributed by atoms with van der Waals surface area (Å²) in [5.41, 5.74) is 4.21. The first kappa shape index (κ1) is 14.4. The average molecular weight is 414 g/mol. The molecule has 1 aliphatic carbocycles. The molecule has 5 heteroatoms. The third-order valence-electron chi connectivity index (χ3n) is 3.69. The number of nitrogens with zero attached hydrogens (tertiary/aromatic N) is 3. The summed E-state index contributed by atoms with van der Waals surface area (Å²) >= 11 is -0.177. The number of halogens is 1. The van der Waals surface area contributed by atoms with Gasteiger partial charge in [0, 0.05) is 44.1 Å². The van der Waals surface area contributed by atoms with Crippen LogP contribution in [0.3, 0.4) is 0 Å². The van der Waals surface area contributed by atoms with Crippen molar-refractivity contribution in [1.82, 2.24) is 9.97 Å². The van der Waals surface area contributed by atoms with Crippen LogP contribution in [0.1, 0.15) is 23.5 Å². The minimum atomic E-state index is -0.177. The van der Waals surface area contributed by atoms with Crippen LogP contribution in [0.5, 0.6) is 0 Å². The van der Waals surface area contributed by atoms with Gasteiger partial charge < -0.3 is 5.32 Å². The molecule has 0 radical (unpaired) electrons. The Morgan fingerprint density at radius 3 is 2.78 bits per heavy atom. The van der Waals surface area contributed by atoms with Gasteiger partial charge in [-0.2, -0.15) is 0 Å². The van der Waals surface area contributed by atoms with E-state index in [4.69, 9.17) is 9.97 Å². The van der Waals surface area contributed by atoms with Crippen molar-refractivity contribution in [2.75, 3.05) is 5.32 Å². The maximum absolute atomic E-state index is 4.77. The molecule has 0 fully saturated rings. The van der Waals surface area contributed by atoms with Gasteiger partial charge in [-0.1, -0.05) is 30.4 Å². The second kappa shape index (κ2) is 6.54. The van der Waals surface area contributed by atoms with Crippen LogP contribution < -0.4 is 5.32 Å². The van der Waals surface area contributed by atoms with Crippen molar-refractivity contribution in [2.24, 2.45) is 3.15 Å². The van der Waals surface area contributed by atoms with Crippen molar-refractivity contribution in [2.45, 2.75) is 12.8 Å². The predicted octanol–water partition coefficient (Wildman–Crippen LogP) is 5.20. The molecule has 2 heterocycles. The number of fused-ring (bicyclic) bond motifs is 1. The molecule has 0 amide bonds. The Kier molecular flexibility index (Phi) is 4.10. The number of hydrogen-bond donors (Lipinski definition) is 1. The summed E-state index contributed by atoms with van der Waals surface area (Å²) < 4.78 is 6.55. The molecule has 0 unspecified atom stereocenters. The van der Waals surface area contributed by atoms with Crippen LogP contribution in [0.15, 0.2) is 55.9 Å². The monoisotopic (exact) mass is 414 g/mol. The number of nitrogens with one attached hydrogen (secondary N) is 1. The Bertz CT molecular complexity index is 851. The highest BCUT2D eigenvalue weighted by atomic mass is 127. The molecule has 1 aromatic carbocycles. The van der Waals surface area contributed by atoms with E-state index in [1.54, 1.807) is 0 Å². The van der Waals surface area contributed by atoms with Gasteiger partial charge in [0.15, 0.2) is 5.82 Å². The lowest BCUT2D eigenvalue weighted by Crippen LogP contribution is -2.09. The van der Waals surface area contributed by atoms with Gasteiger partial charge in [-0.3, -0.25) is 0 Å². The van der Waals surface area contributed by atoms with Crippen LogP contribution in [0.4, 0.5) is 11.5 Å². The molecule has 2 aliphatic rings. The molecule has 0 saturated heterocycles. The van der Waals surface area contributed by atoms with Crippen molar-refractivity contribution in [3.8, 4) is 0 Å². The number of rotatable bonds is 3. The van der Waals surface area contributed by atoms with Crippen molar-refractivity contribution in [3.63, 3.8) is 0 Å². The lowest BCUT2D eigenvalue weighted by atomic mass is 10.0. The fourth-order valence-electron chi connectivity index (χ4n) is 2.57. The van der Waals surface area contributed by atoms with Gasteiger partial charge in [-0.05, 0) is 35.1 Å². The van der Waals surface area contributed by atoms with E-state index in [2.05, 4.69) is 30.8 Å². The lowest BCUT2D eigenvalue weighted by Gasteiger charge is -2.17. The molecule has 23 heavy (non-hydrogen) atoms. The molecule has 0 spiro atoms. The second-order valence-corrected chi connectivity index (χ2v) is 7.09. The molecule has 0 saturated carbocycles. The second-order valence-electron chi connectivity index (χ2n) is 5.26. The first-order valence-electron chi connectivity index (χ1n) is 7.50. The van der Waals surface area contributed by atoms with E-state index in [0.717, 1.165) is 47.0 Å². The number of hydrogen-bond acceptors (Lipinski definition) is 4. The molecule has 4 rings (SSSR count). The van der Waals surface area contributed by atoms with Crippen molar-refractivity contribution < 1.29 is 0 Å². The molecule has 0 atom stereocenters. The summed E-state index contributed by atoms with van der Waals surface area (Å²) in [6, 6.07) is 10.1. The van der Waals surface area contributed by atoms with E-state index in [1.807, 2.05) is 36.5 Å². The highest BCUT2D eigenvalue weighted by molar-refractivity contribution is 14.2. The van der Waals surface area contributed by atoms with E-state index in [9.17, 15) is 0 Å². The zero-order chi connectivity index (χ0) is 15.5. The zero-order valence-electron chi connectivity index (χ0n) is 12.4. The first-order chi connectivity index (χ1) is 11.4. The van der Waals surface area contributed by atoms with Gasteiger partial charge in [-0.25, -0.2) is 13.1 Å². The third kappa shape index (κ3) is 3.14. The van der Waals surface area contributed by atoms with Crippen LogP contribution in [0, 0.1) is 0 Å².